The van der Waals surface area contributed by atoms with E-state index in [1.807, 2.05) is 19.1 Å². The second-order valence-corrected chi connectivity index (χ2v) is 10.9. The van der Waals surface area contributed by atoms with Crippen LogP contribution in [-0.4, -0.2) is 61.1 Å². The number of sulfonamides is 1. The van der Waals surface area contributed by atoms with Gasteiger partial charge in [0.1, 0.15) is 5.00 Å². The summed E-state index contributed by atoms with van der Waals surface area (Å²) in [5.41, 5.74) is 2.33. The SMILES string of the molecule is CNc1snc(C)c1C(=O)N1CCN(S(=O)(=O)c2ccc(C(C)(C)C)cc2)CC1. The number of benzene rings is 1. The van der Waals surface area contributed by atoms with Crippen LogP contribution in [0.5, 0.6) is 0 Å². The zero-order valence-electron chi connectivity index (χ0n) is 17.5. The summed E-state index contributed by atoms with van der Waals surface area (Å²) in [6.07, 6.45) is 0. The van der Waals surface area contributed by atoms with Crippen LogP contribution in [0.25, 0.3) is 0 Å². The van der Waals surface area contributed by atoms with Crippen LogP contribution < -0.4 is 5.32 Å². The van der Waals surface area contributed by atoms with E-state index in [-0.39, 0.29) is 24.4 Å². The van der Waals surface area contributed by atoms with Crippen molar-refractivity contribution in [2.75, 3.05) is 38.5 Å². The van der Waals surface area contributed by atoms with E-state index < -0.39 is 10.0 Å². The van der Waals surface area contributed by atoms with Crippen LogP contribution in [0.4, 0.5) is 5.00 Å². The maximum atomic E-state index is 13.0. The van der Waals surface area contributed by atoms with Gasteiger partial charge in [0.2, 0.25) is 10.0 Å². The van der Waals surface area contributed by atoms with Crippen molar-refractivity contribution in [3.63, 3.8) is 0 Å². The molecule has 1 saturated heterocycles. The number of anilines is 1. The number of hydrogen-bond donors (Lipinski definition) is 1. The molecular formula is C20H28N4O3S2. The number of carbonyl (C=O) groups excluding carboxylic acids is 1. The van der Waals surface area contributed by atoms with Crippen molar-refractivity contribution in [1.82, 2.24) is 13.6 Å². The molecule has 0 bridgehead atoms. The number of carbonyl (C=O) groups is 1. The highest BCUT2D eigenvalue weighted by atomic mass is 32.2. The Morgan fingerprint density at radius 2 is 1.69 bits per heavy atom. The first-order valence-corrected chi connectivity index (χ1v) is 11.8. The fraction of sp³-hybridized carbons (Fsp3) is 0.500. The molecule has 1 aliphatic heterocycles. The lowest BCUT2D eigenvalue weighted by atomic mass is 9.87. The number of nitrogens with zero attached hydrogens (tertiary/aromatic N) is 3. The van der Waals surface area contributed by atoms with Gasteiger partial charge in [-0.1, -0.05) is 32.9 Å². The maximum absolute atomic E-state index is 13.0. The molecule has 158 valence electrons. The van der Waals surface area contributed by atoms with Crippen molar-refractivity contribution >= 4 is 32.5 Å². The fourth-order valence-electron chi connectivity index (χ4n) is 3.36. The summed E-state index contributed by atoms with van der Waals surface area (Å²) >= 11 is 1.26. The molecule has 2 heterocycles. The lowest BCUT2D eigenvalue weighted by Gasteiger charge is -2.34. The number of aryl methyl sites for hydroxylation is 1. The third-order valence-corrected chi connectivity index (χ3v) is 8.06. The van der Waals surface area contributed by atoms with E-state index in [1.165, 1.54) is 15.8 Å². The van der Waals surface area contributed by atoms with Gasteiger partial charge in [0.15, 0.2) is 0 Å². The summed E-state index contributed by atoms with van der Waals surface area (Å²) in [4.78, 5) is 14.9. The molecule has 1 amide bonds. The van der Waals surface area contributed by atoms with Crippen molar-refractivity contribution in [1.29, 1.82) is 0 Å². The van der Waals surface area contributed by atoms with E-state index in [4.69, 9.17) is 0 Å². The fourth-order valence-corrected chi connectivity index (χ4v) is 5.52. The number of rotatable bonds is 4. The van der Waals surface area contributed by atoms with Crippen LogP contribution in [0.15, 0.2) is 29.2 Å². The average Bonchev–Trinajstić information content (AvgIpc) is 3.07. The Bertz CT molecular complexity index is 984. The minimum absolute atomic E-state index is 0.0326. The van der Waals surface area contributed by atoms with Crippen molar-refractivity contribution in [2.24, 2.45) is 0 Å². The Kier molecular flexibility index (Phi) is 6.03. The Balaban J connectivity index is 1.71. The van der Waals surface area contributed by atoms with Crippen LogP contribution in [0.3, 0.4) is 0 Å². The van der Waals surface area contributed by atoms with Crippen molar-refractivity contribution < 1.29 is 13.2 Å². The maximum Gasteiger partial charge on any atom is 0.258 e. The minimum Gasteiger partial charge on any atom is -0.378 e. The van der Waals surface area contributed by atoms with E-state index in [1.54, 1.807) is 24.1 Å². The third kappa shape index (κ3) is 4.31. The van der Waals surface area contributed by atoms with E-state index in [0.29, 0.717) is 29.2 Å². The van der Waals surface area contributed by atoms with Crippen molar-refractivity contribution in [3.05, 3.63) is 41.1 Å². The number of nitrogens with one attached hydrogen (secondary N) is 1. The van der Waals surface area contributed by atoms with Gasteiger partial charge in [0, 0.05) is 33.2 Å². The predicted octanol–water partition coefficient (Wildman–Crippen LogP) is 2.94. The molecular weight excluding hydrogens is 408 g/mol. The summed E-state index contributed by atoms with van der Waals surface area (Å²) in [7, 11) is -1.81. The summed E-state index contributed by atoms with van der Waals surface area (Å²) in [5.74, 6) is -0.104. The molecule has 0 unspecified atom stereocenters. The largest absolute Gasteiger partial charge is 0.378 e. The molecule has 7 nitrogen and oxygen atoms in total. The van der Waals surface area contributed by atoms with E-state index in [2.05, 4.69) is 30.5 Å². The van der Waals surface area contributed by atoms with Crippen molar-refractivity contribution in [2.45, 2.75) is 38.0 Å². The van der Waals surface area contributed by atoms with Gasteiger partial charge in [-0.15, -0.1) is 0 Å². The molecule has 1 fully saturated rings. The van der Waals surface area contributed by atoms with Crippen LogP contribution >= 0.6 is 11.5 Å². The number of hydrogen-bond acceptors (Lipinski definition) is 6. The van der Waals surface area contributed by atoms with E-state index in [0.717, 1.165) is 10.6 Å². The van der Waals surface area contributed by atoms with Gasteiger partial charge >= 0.3 is 0 Å². The van der Waals surface area contributed by atoms with Crippen LogP contribution in [0.2, 0.25) is 0 Å². The Labute approximate surface area is 176 Å². The van der Waals surface area contributed by atoms with Gasteiger partial charge in [0.05, 0.1) is 16.2 Å². The Hall–Kier alpha value is -1.97. The number of aromatic nitrogens is 1. The van der Waals surface area contributed by atoms with Crippen molar-refractivity contribution in [3.8, 4) is 0 Å². The van der Waals surface area contributed by atoms with Gasteiger partial charge in [-0.25, -0.2) is 8.42 Å². The minimum atomic E-state index is -3.58. The molecule has 0 atom stereocenters. The van der Waals surface area contributed by atoms with Gasteiger partial charge in [-0.3, -0.25) is 4.79 Å². The Morgan fingerprint density at radius 1 is 1.10 bits per heavy atom. The molecule has 0 radical (unpaired) electrons. The Morgan fingerprint density at radius 3 is 2.21 bits per heavy atom. The summed E-state index contributed by atoms with van der Waals surface area (Å²) < 4.78 is 31.7. The molecule has 1 aliphatic rings. The lowest BCUT2D eigenvalue weighted by molar-refractivity contribution is 0.0698. The smallest absolute Gasteiger partial charge is 0.258 e. The molecule has 29 heavy (non-hydrogen) atoms. The molecule has 1 aromatic carbocycles. The molecule has 1 N–H and O–H groups in total. The second-order valence-electron chi connectivity index (χ2n) is 8.19. The van der Waals surface area contributed by atoms with E-state index >= 15 is 0 Å². The second kappa shape index (κ2) is 8.04. The van der Waals surface area contributed by atoms with E-state index in [9.17, 15) is 13.2 Å². The highest BCUT2D eigenvalue weighted by molar-refractivity contribution is 7.89. The first-order chi connectivity index (χ1) is 13.6. The highest BCUT2D eigenvalue weighted by Gasteiger charge is 2.32. The van der Waals surface area contributed by atoms with Crippen LogP contribution in [-0.2, 0) is 15.4 Å². The molecule has 1 aromatic heterocycles. The third-order valence-electron chi connectivity index (χ3n) is 5.19. The molecule has 2 aromatic rings. The van der Waals surface area contributed by atoms with Gasteiger partial charge < -0.3 is 10.2 Å². The summed E-state index contributed by atoms with van der Waals surface area (Å²) in [5, 5.41) is 3.75. The monoisotopic (exact) mass is 436 g/mol. The first kappa shape index (κ1) is 21.7. The zero-order chi connectivity index (χ0) is 21.4. The summed E-state index contributed by atoms with van der Waals surface area (Å²) in [6.45, 7) is 9.37. The quantitative estimate of drug-likeness (QED) is 0.797. The van der Waals surface area contributed by atoms with Crippen LogP contribution in [0.1, 0.15) is 42.4 Å². The molecule has 0 spiro atoms. The molecule has 0 saturated carbocycles. The standard InChI is InChI=1S/C20H28N4O3S2/c1-14-17(18(21-5)28-22-14)19(25)23-10-12-24(13-11-23)29(26,27)16-8-6-15(7-9-16)20(2,3)4/h6-9,21H,10-13H2,1-5H3. The lowest BCUT2D eigenvalue weighted by Crippen LogP contribution is -2.50. The van der Waals surface area contributed by atoms with Gasteiger partial charge in [-0.05, 0) is 41.6 Å². The summed E-state index contributed by atoms with van der Waals surface area (Å²) in [6, 6.07) is 7.09. The first-order valence-electron chi connectivity index (χ1n) is 9.59. The number of amides is 1. The molecule has 0 aliphatic carbocycles. The highest BCUT2D eigenvalue weighted by Crippen LogP contribution is 2.27. The number of piperazine rings is 1. The van der Waals surface area contributed by atoms with Crippen LogP contribution in [0, 0.1) is 6.92 Å². The topological polar surface area (TPSA) is 82.6 Å². The average molecular weight is 437 g/mol. The normalized spacial score (nSPS) is 16.1. The van der Waals surface area contributed by atoms with Gasteiger partial charge in [0.25, 0.3) is 5.91 Å². The van der Waals surface area contributed by atoms with Gasteiger partial charge in [-0.2, -0.15) is 8.68 Å². The molecule has 9 heteroatoms. The molecule has 3 rings (SSSR count). The predicted molar refractivity (Wildman–Crippen MR) is 116 cm³/mol. The zero-order valence-corrected chi connectivity index (χ0v) is 19.2.